The lowest BCUT2D eigenvalue weighted by Crippen LogP contribution is -2.40. The molecule has 0 spiro atoms. The number of hydrogen-bond acceptors (Lipinski definition) is 5. The second-order valence-electron chi connectivity index (χ2n) is 4.36. The topological polar surface area (TPSA) is 68.7 Å². The Bertz CT molecular complexity index is 673. The molecule has 0 aliphatic carbocycles. The third kappa shape index (κ3) is 2.69. The molecule has 1 aromatic carbocycles. The standard InChI is InChI=1S/C15H12N2O4/c18-10-11-6-7-13-14(16-11)17(8-9-20-13)15(19)21-12-4-2-1-3-5-12/h1-7,10H,8-9H2/i10+1. The summed E-state index contributed by atoms with van der Waals surface area (Å²) in [5, 5.41) is 0. The number of fused-ring (bicyclic) bond motifs is 1. The van der Waals surface area contributed by atoms with Crippen LogP contribution in [0.2, 0.25) is 0 Å². The van der Waals surface area contributed by atoms with Crippen molar-refractivity contribution in [2.45, 2.75) is 0 Å². The van der Waals surface area contributed by atoms with Gasteiger partial charge in [0.05, 0.1) is 6.54 Å². The maximum absolute atomic E-state index is 12.2. The van der Waals surface area contributed by atoms with Crippen LogP contribution in [0.4, 0.5) is 10.6 Å². The van der Waals surface area contributed by atoms with Gasteiger partial charge in [0.15, 0.2) is 17.9 Å². The highest BCUT2D eigenvalue weighted by Crippen LogP contribution is 2.30. The summed E-state index contributed by atoms with van der Waals surface area (Å²) in [6.07, 6.45) is 0.0663. The van der Waals surface area contributed by atoms with Gasteiger partial charge in [0.1, 0.15) is 18.1 Å². The van der Waals surface area contributed by atoms with E-state index in [0.717, 1.165) is 0 Å². The molecule has 2 aromatic rings. The number of para-hydroxylation sites is 1. The molecule has 3 rings (SSSR count). The highest BCUT2D eigenvalue weighted by molar-refractivity contribution is 5.90. The number of aromatic nitrogens is 1. The Hall–Kier alpha value is -2.89. The third-order valence-electron chi connectivity index (χ3n) is 2.98. The molecule has 0 fully saturated rings. The summed E-state index contributed by atoms with van der Waals surface area (Å²) >= 11 is 0. The summed E-state index contributed by atoms with van der Waals surface area (Å²) in [5.41, 5.74) is 0.233. The van der Waals surface area contributed by atoms with E-state index < -0.39 is 6.09 Å². The Morgan fingerprint density at radius 1 is 1.24 bits per heavy atom. The van der Waals surface area contributed by atoms with Crippen LogP contribution in [0.1, 0.15) is 10.5 Å². The number of benzene rings is 1. The molecule has 0 N–H and O–H groups in total. The molecule has 6 nitrogen and oxygen atoms in total. The summed E-state index contributed by atoms with van der Waals surface area (Å²) < 4.78 is 10.7. The normalized spacial score (nSPS) is 13.0. The minimum absolute atomic E-state index is 0.233. The Labute approximate surface area is 120 Å². The molecule has 21 heavy (non-hydrogen) atoms. The van der Waals surface area contributed by atoms with Gasteiger partial charge in [0.25, 0.3) is 0 Å². The second-order valence-corrected chi connectivity index (χ2v) is 4.36. The molecular weight excluding hydrogens is 273 g/mol. The molecule has 0 atom stereocenters. The first-order valence-corrected chi connectivity index (χ1v) is 6.41. The summed E-state index contributed by atoms with van der Waals surface area (Å²) in [4.78, 5) is 28.5. The molecule has 0 saturated heterocycles. The van der Waals surface area contributed by atoms with Crippen LogP contribution in [0.3, 0.4) is 0 Å². The molecule has 1 aliphatic rings. The molecular formula is C15H12N2O4. The molecule has 2 heterocycles. The molecule has 0 bridgehead atoms. The van der Waals surface area contributed by atoms with E-state index in [-0.39, 0.29) is 5.69 Å². The molecule has 0 radical (unpaired) electrons. The average molecular weight is 285 g/mol. The fraction of sp³-hybridized carbons (Fsp3) is 0.133. The van der Waals surface area contributed by atoms with Crippen LogP contribution >= 0.6 is 0 Å². The number of carbonyl (C=O) groups excluding carboxylic acids is 2. The summed E-state index contributed by atoms with van der Waals surface area (Å²) in [6, 6.07) is 11.9. The van der Waals surface area contributed by atoms with E-state index in [1.54, 1.807) is 30.3 Å². The number of rotatable bonds is 2. The van der Waals surface area contributed by atoms with Crippen LogP contribution in [-0.4, -0.2) is 30.5 Å². The van der Waals surface area contributed by atoms with Gasteiger partial charge in [-0.15, -0.1) is 0 Å². The van der Waals surface area contributed by atoms with E-state index in [0.29, 0.717) is 36.8 Å². The molecule has 0 saturated carbocycles. The van der Waals surface area contributed by atoms with E-state index >= 15 is 0 Å². The number of nitrogens with zero attached hydrogens (tertiary/aromatic N) is 2. The van der Waals surface area contributed by atoms with Crippen LogP contribution in [0.15, 0.2) is 42.5 Å². The quantitative estimate of drug-likeness (QED) is 0.625. The van der Waals surface area contributed by atoms with Gasteiger partial charge in [0.2, 0.25) is 0 Å². The zero-order chi connectivity index (χ0) is 14.7. The monoisotopic (exact) mass is 285 g/mol. The van der Waals surface area contributed by atoms with Crippen LogP contribution in [0.25, 0.3) is 0 Å². The van der Waals surface area contributed by atoms with Crippen molar-refractivity contribution in [2.75, 3.05) is 18.1 Å². The van der Waals surface area contributed by atoms with Crippen molar-refractivity contribution in [1.29, 1.82) is 0 Å². The molecule has 0 unspecified atom stereocenters. The molecule has 1 amide bonds. The maximum atomic E-state index is 12.2. The first kappa shape index (κ1) is 13.1. The van der Waals surface area contributed by atoms with Gasteiger partial charge in [-0.3, -0.25) is 9.69 Å². The number of amides is 1. The first-order chi connectivity index (χ1) is 10.3. The Morgan fingerprint density at radius 2 is 2.05 bits per heavy atom. The summed E-state index contributed by atoms with van der Waals surface area (Å²) in [5.74, 6) is 1.20. The predicted molar refractivity (Wildman–Crippen MR) is 74.9 cm³/mol. The zero-order valence-electron chi connectivity index (χ0n) is 11.1. The van der Waals surface area contributed by atoms with Crippen molar-refractivity contribution in [2.24, 2.45) is 0 Å². The maximum Gasteiger partial charge on any atom is 0.421 e. The highest BCUT2D eigenvalue weighted by atomic mass is 16.6. The summed E-state index contributed by atoms with van der Waals surface area (Å²) in [6.45, 7) is 0.660. The fourth-order valence-corrected chi connectivity index (χ4v) is 2.00. The van der Waals surface area contributed by atoms with Crippen molar-refractivity contribution in [3.8, 4) is 11.5 Å². The number of hydrogen-bond donors (Lipinski definition) is 0. The first-order valence-electron chi connectivity index (χ1n) is 6.41. The van der Waals surface area contributed by atoms with Crippen LogP contribution in [0, 0.1) is 0 Å². The lowest BCUT2D eigenvalue weighted by Gasteiger charge is -2.27. The van der Waals surface area contributed by atoms with Crippen molar-refractivity contribution >= 4 is 18.2 Å². The Morgan fingerprint density at radius 3 is 2.81 bits per heavy atom. The minimum Gasteiger partial charge on any atom is -0.488 e. The van der Waals surface area contributed by atoms with Crippen molar-refractivity contribution in [1.82, 2.24) is 4.98 Å². The van der Waals surface area contributed by atoms with Crippen LogP contribution < -0.4 is 14.4 Å². The van der Waals surface area contributed by atoms with Gasteiger partial charge < -0.3 is 9.47 Å². The van der Waals surface area contributed by atoms with Crippen molar-refractivity contribution < 1.29 is 19.1 Å². The van der Waals surface area contributed by atoms with E-state index in [2.05, 4.69) is 4.98 Å². The van der Waals surface area contributed by atoms with Gasteiger partial charge in [-0.25, -0.2) is 9.78 Å². The van der Waals surface area contributed by atoms with Gasteiger partial charge in [-0.05, 0) is 24.3 Å². The van der Waals surface area contributed by atoms with Crippen LogP contribution in [-0.2, 0) is 0 Å². The fourth-order valence-electron chi connectivity index (χ4n) is 2.00. The van der Waals surface area contributed by atoms with Crippen molar-refractivity contribution in [3.05, 3.63) is 48.2 Å². The van der Waals surface area contributed by atoms with Gasteiger partial charge in [-0.1, -0.05) is 18.2 Å². The number of anilines is 1. The smallest absolute Gasteiger partial charge is 0.421 e. The van der Waals surface area contributed by atoms with Gasteiger partial charge >= 0.3 is 6.09 Å². The average Bonchev–Trinajstić information content (AvgIpc) is 2.54. The lowest BCUT2D eigenvalue weighted by molar-refractivity contribution is 0.111. The molecule has 106 valence electrons. The van der Waals surface area contributed by atoms with Gasteiger partial charge in [-0.2, -0.15) is 0 Å². The van der Waals surface area contributed by atoms with Crippen molar-refractivity contribution in [3.63, 3.8) is 0 Å². The summed E-state index contributed by atoms with van der Waals surface area (Å²) in [7, 11) is 0. The second kappa shape index (κ2) is 5.62. The minimum atomic E-state index is -0.554. The zero-order valence-corrected chi connectivity index (χ0v) is 11.1. The SMILES string of the molecule is O=[13CH]c1ccc2c(n1)N(C(=O)Oc1ccccc1)CCO2. The molecule has 6 heteroatoms. The van der Waals surface area contributed by atoms with E-state index in [4.69, 9.17) is 9.47 Å². The van der Waals surface area contributed by atoms with Crippen LogP contribution in [0.5, 0.6) is 11.5 Å². The third-order valence-corrected chi connectivity index (χ3v) is 2.98. The molecule has 1 aromatic heterocycles. The van der Waals surface area contributed by atoms with E-state index in [1.807, 2.05) is 6.07 Å². The highest BCUT2D eigenvalue weighted by Gasteiger charge is 2.27. The van der Waals surface area contributed by atoms with Gasteiger partial charge in [0, 0.05) is 0 Å². The van der Waals surface area contributed by atoms with E-state index in [9.17, 15) is 9.59 Å². The number of carbonyl (C=O) groups is 2. The number of ether oxygens (including phenoxy) is 2. The Balaban J connectivity index is 1.87. The van der Waals surface area contributed by atoms with E-state index in [1.165, 1.54) is 11.0 Å². The molecule has 1 aliphatic heterocycles. The Kier molecular flexibility index (Phi) is 3.51. The number of pyridine rings is 1. The number of aldehydes is 1. The lowest BCUT2D eigenvalue weighted by atomic mass is 10.3. The predicted octanol–water partition coefficient (Wildman–Crippen LogP) is 2.29. The largest absolute Gasteiger partial charge is 0.488 e.